The summed E-state index contributed by atoms with van der Waals surface area (Å²) in [7, 11) is 0. The fourth-order valence-electron chi connectivity index (χ4n) is 2.39. The fourth-order valence-corrected chi connectivity index (χ4v) is 2.39. The number of hydrogen-bond donors (Lipinski definition) is 1. The average Bonchev–Trinajstić information content (AvgIpc) is 2.40. The molecule has 0 saturated heterocycles. The van der Waals surface area contributed by atoms with Gasteiger partial charge in [0, 0.05) is 11.6 Å². The third-order valence-corrected chi connectivity index (χ3v) is 3.67. The molecule has 1 aliphatic rings. The first kappa shape index (κ1) is 12.6. The molecule has 0 unspecified atom stereocenters. The van der Waals surface area contributed by atoms with Gasteiger partial charge in [0.05, 0.1) is 11.6 Å². The Bertz CT molecular complexity index is 450. The van der Waals surface area contributed by atoms with E-state index >= 15 is 0 Å². The summed E-state index contributed by atoms with van der Waals surface area (Å²) in [5.74, 6) is 1.02. The van der Waals surface area contributed by atoms with Gasteiger partial charge in [-0.3, -0.25) is 4.79 Å². The Hall–Kier alpha value is -1.82. The normalized spacial score (nSPS) is 23.1. The molecular weight excluding hydrogens is 224 g/mol. The van der Waals surface area contributed by atoms with Crippen molar-refractivity contribution in [1.82, 2.24) is 0 Å². The van der Waals surface area contributed by atoms with Crippen molar-refractivity contribution < 1.29 is 4.79 Å². The number of nitriles is 1. The summed E-state index contributed by atoms with van der Waals surface area (Å²) in [4.78, 5) is 12.1. The Balaban J connectivity index is 1.92. The van der Waals surface area contributed by atoms with E-state index < -0.39 is 0 Å². The minimum absolute atomic E-state index is 0.117. The van der Waals surface area contributed by atoms with Crippen LogP contribution in [0.2, 0.25) is 0 Å². The van der Waals surface area contributed by atoms with E-state index in [0.717, 1.165) is 37.3 Å². The molecule has 0 heterocycles. The number of amides is 1. The molecule has 0 radical (unpaired) electrons. The largest absolute Gasteiger partial charge is 0.326 e. The zero-order valence-electron chi connectivity index (χ0n) is 10.6. The second-order valence-electron chi connectivity index (χ2n) is 5.14. The quantitative estimate of drug-likeness (QED) is 0.864. The molecule has 18 heavy (non-hydrogen) atoms. The van der Waals surface area contributed by atoms with Crippen molar-refractivity contribution in [1.29, 1.82) is 5.26 Å². The van der Waals surface area contributed by atoms with Crippen LogP contribution in [0.25, 0.3) is 0 Å². The number of carbonyl (C=O) groups is 1. The van der Waals surface area contributed by atoms with Crippen LogP contribution in [-0.2, 0) is 4.79 Å². The van der Waals surface area contributed by atoms with Gasteiger partial charge in [-0.15, -0.1) is 0 Å². The highest BCUT2D eigenvalue weighted by Crippen LogP contribution is 2.29. The Morgan fingerprint density at radius 1 is 1.22 bits per heavy atom. The Morgan fingerprint density at radius 2 is 1.83 bits per heavy atom. The predicted octanol–water partition coefficient (Wildman–Crippen LogP) is 3.32. The smallest absolute Gasteiger partial charge is 0.227 e. The van der Waals surface area contributed by atoms with E-state index in [9.17, 15) is 4.79 Å². The highest BCUT2D eigenvalue weighted by atomic mass is 16.1. The molecule has 1 N–H and O–H groups in total. The van der Waals surface area contributed by atoms with Crippen molar-refractivity contribution in [2.75, 3.05) is 5.32 Å². The van der Waals surface area contributed by atoms with E-state index in [-0.39, 0.29) is 11.8 Å². The van der Waals surface area contributed by atoms with Crippen molar-refractivity contribution >= 4 is 11.6 Å². The molecule has 1 fully saturated rings. The minimum Gasteiger partial charge on any atom is -0.326 e. The van der Waals surface area contributed by atoms with Crippen LogP contribution in [0.4, 0.5) is 5.69 Å². The van der Waals surface area contributed by atoms with Gasteiger partial charge in [0.1, 0.15) is 0 Å². The maximum absolute atomic E-state index is 12.1. The van der Waals surface area contributed by atoms with Gasteiger partial charge in [-0.05, 0) is 55.9 Å². The SMILES string of the molecule is CC1CCC(C(=O)Nc2ccc(C#N)cc2)CC1. The summed E-state index contributed by atoms with van der Waals surface area (Å²) in [5, 5.41) is 11.6. The first-order valence-corrected chi connectivity index (χ1v) is 6.50. The monoisotopic (exact) mass is 242 g/mol. The van der Waals surface area contributed by atoms with Gasteiger partial charge in [0.25, 0.3) is 0 Å². The highest BCUT2D eigenvalue weighted by Gasteiger charge is 2.24. The highest BCUT2D eigenvalue weighted by molar-refractivity contribution is 5.92. The van der Waals surface area contributed by atoms with Crippen LogP contribution < -0.4 is 5.32 Å². The maximum atomic E-state index is 12.1. The van der Waals surface area contributed by atoms with Crippen LogP contribution in [0.5, 0.6) is 0 Å². The lowest BCUT2D eigenvalue weighted by Crippen LogP contribution is -2.26. The summed E-state index contributed by atoms with van der Waals surface area (Å²) in [6, 6.07) is 9.06. The zero-order valence-corrected chi connectivity index (χ0v) is 10.6. The van der Waals surface area contributed by atoms with Crippen molar-refractivity contribution in [3.05, 3.63) is 29.8 Å². The molecule has 2 rings (SSSR count). The van der Waals surface area contributed by atoms with Crippen LogP contribution >= 0.6 is 0 Å². The third-order valence-electron chi connectivity index (χ3n) is 3.67. The van der Waals surface area contributed by atoms with E-state index in [4.69, 9.17) is 5.26 Å². The summed E-state index contributed by atoms with van der Waals surface area (Å²) in [5.41, 5.74) is 1.39. The Labute approximate surface area is 108 Å². The molecule has 3 heteroatoms. The topological polar surface area (TPSA) is 52.9 Å². The molecule has 0 atom stereocenters. The second-order valence-corrected chi connectivity index (χ2v) is 5.14. The zero-order chi connectivity index (χ0) is 13.0. The Kier molecular flexibility index (Phi) is 3.99. The summed E-state index contributed by atoms with van der Waals surface area (Å²) >= 11 is 0. The molecular formula is C15H18N2O. The van der Waals surface area contributed by atoms with E-state index in [1.165, 1.54) is 0 Å². The maximum Gasteiger partial charge on any atom is 0.227 e. The minimum atomic E-state index is 0.117. The van der Waals surface area contributed by atoms with Gasteiger partial charge in [-0.25, -0.2) is 0 Å². The van der Waals surface area contributed by atoms with Gasteiger partial charge < -0.3 is 5.32 Å². The van der Waals surface area contributed by atoms with Crippen LogP contribution in [0.1, 0.15) is 38.2 Å². The van der Waals surface area contributed by atoms with E-state index in [1.54, 1.807) is 24.3 Å². The average molecular weight is 242 g/mol. The van der Waals surface area contributed by atoms with Crippen LogP contribution in [-0.4, -0.2) is 5.91 Å². The number of nitrogens with zero attached hydrogens (tertiary/aromatic N) is 1. The van der Waals surface area contributed by atoms with Crippen molar-refractivity contribution in [2.45, 2.75) is 32.6 Å². The number of anilines is 1. The van der Waals surface area contributed by atoms with Crippen LogP contribution in [0.3, 0.4) is 0 Å². The van der Waals surface area contributed by atoms with Crippen molar-refractivity contribution in [2.24, 2.45) is 11.8 Å². The molecule has 1 amide bonds. The number of hydrogen-bond acceptors (Lipinski definition) is 2. The third kappa shape index (κ3) is 3.10. The summed E-state index contributed by atoms with van der Waals surface area (Å²) in [6.07, 6.45) is 4.27. The molecule has 1 aliphatic carbocycles. The molecule has 0 aliphatic heterocycles. The van der Waals surface area contributed by atoms with Crippen molar-refractivity contribution in [3.8, 4) is 6.07 Å². The fraction of sp³-hybridized carbons (Fsp3) is 0.467. The lowest BCUT2D eigenvalue weighted by atomic mass is 9.82. The lowest BCUT2D eigenvalue weighted by molar-refractivity contribution is -0.121. The number of rotatable bonds is 2. The predicted molar refractivity (Wildman–Crippen MR) is 70.9 cm³/mol. The Morgan fingerprint density at radius 3 is 2.39 bits per heavy atom. The molecule has 1 aromatic rings. The van der Waals surface area contributed by atoms with Gasteiger partial charge >= 0.3 is 0 Å². The molecule has 0 aromatic heterocycles. The number of carbonyl (C=O) groups excluding carboxylic acids is 1. The summed E-state index contributed by atoms with van der Waals surface area (Å²) in [6.45, 7) is 2.24. The first-order valence-electron chi connectivity index (χ1n) is 6.50. The van der Waals surface area contributed by atoms with Gasteiger partial charge in [0.15, 0.2) is 0 Å². The standard InChI is InChI=1S/C15H18N2O/c1-11-2-6-13(7-3-11)15(18)17-14-8-4-12(10-16)5-9-14/h4-5,8-9,11,13H,2-3,6-7H2,1H3,(H,17,18). The summed E-state index contributed by atoms with van der Waals surface area (Å²) < 4.78 is 0. The molecule has 94 valence electrons. The van der Waals surface area contributed by atoms with Gasteiger partial charge in [0.2, 0.25) is 5.91 Å². The molecule has 0 bridgehead atoms. The van der Waals surface area contributed by atoms with E-state index in [1.807, 2.05) is 0 Å². The van der Waals surface area contributed by atoms with Crippen LogP contribution in [0, 0.1) is 23.2 Å². The molecule has 1 saturated carbocycles. The van der Waals surface area contributed by atoms with Gasteiger partial charge in [-0.1, -0.05) is 6.92 Å². The number of benzene rings is 1. The van der Waals surface area contributed by atoms with Gasteiger partial charge in [-0.2, -0.15) is 5.26 Å². The second kappa shape index (κ2) is 5.68. The first-order chi connectivity index (χ1) is 8.69. The van der Waals surface area contributed by atoms with E-state index in [0.29, 0.717) is 5.56 Å². The van der Waals surface area contributed by atoms with Crippen molar-refractivity contribution in [3.63, 3.8) is 0 Å². The van der Waals surface area contributed by atoms with E-state index in [2.05, 4.69) is 18.3 Å². The molecule has 3 nitrogen and oxygen atoms in total. The molecule has 1 aromatic carbocycles. The number of nitrogens with one attached hydrogen (secondary N) is 1. The van der Waals surface area contributed by atoms with Crippen LogP contribution in [0.15, 0.2) is 24.3 Å². The lowest BCUT2D eigenvalue weighted by Gasteiger charge is -2.25. The molecule has 0 spiro atoms.